The number of alkyl halides is 1. The number of halogens is 3. The molecule has 0 radical (unpaired) electrons. The number of rotatable bonds is 4. The van der Waals surface area contributed by atoms with Gasteiger partial charge in [0.05, 0.1) is 31.0 Å². The van der Waals surface area contributed by atoms with Crippen molar-refractivity contribution in [3.8, 4) is 11.8 Å². The Morgan fingerprint density at radius 2 is 1.76 bits per heavy atom. The molecule has 2 aromatic rings. The van der Waals surface area contributed by atoms with Gasteiger partial charge in [0.2, 0.25) is 11.8 Å². The van der Waals surface area contributed by atoms with Crippen LogP contribution < -0.4 is 15.2 Å². The number of aromatic nitrogens is 2. The number of ether oxygens (including phenoxy) is 2. The van der Waals surface area contributed by atoms with Gasteiger partial charge in [0.1, 0.15) is 5.38 Å². The van der Waals surface area contributed by atoms with Crippen LogP contribution in [0.1, 0.15) is 16.8 Å². The number of hydrogen-bond donors (Lipinski definition) is 1. The first kappa shape index (κ1) is 15.6. The van der Waals surface area contributed by atoms with Crippen LogP contribution in [0.2, 0.25) is 5.02 Å². The van der Waals surface area contributed by atoms with E-state index in [1.807, 2.05) is 0 Å². The first-order valence-corrected chi connectivity index (χ1v) is 6.63. The Labute approximate surface area is 130 Å². The molecule has 0 saturated carbocycles. The van der Waals surface area contributed by atoms with E-state index in [-0.39, 0.29) is 28.3 Å². The van der Waals surface area contributed by atoms with Crippen LogP contribution in [-0.2, 0) is 0 Å². The monoisotopic (exact) mass is 331 g/mol. The highest BCUT2D eigenvalue weighted by molar-refractivity contribution is 6.31. The van der Waals surface area contributed by atoms with Crippen molar-refractivity contribution in [2.45, 2.75) is 5.38 Å². The third-order valence-electron chi connectivity index (χ3n) is 2.78. The van der Waals surface area contributed by atoms with E-state index in [4.69, 9.17) is 38.4 Å². The van der Waals surface area contributed by atoms with Gasteiger partial charge in [-0.1, -0.05) is 17.7 Å². The van der Waals surface area contributed by atoms with Crippen molar-refractivity contribution in [2.75, 3.05) is 20.0 Å². The zero-order chi connectivity index (χ0) is 15.6. The highest BCUT2D eigenvalue weighted by atomic mass is 35.5. The Kier molecular flexibility index (Phi) is 4.69. The van der Waals surface area contributed by atoms with Gasteiger partial charge in [0.25, 0.3) is 0 Å². The van der Waals surface area contributed by atoms with Crippen molar-refractivity contribution in [1.29, 1.82) is 0 Å². The summed E-state index contributed by atoms with van der Waals surface area (Å²) < 4.78 is 23.8. The second-order valence-corrected chi connectivity index (χ2v) is 4.88. The molecule has 2 rings (SSSR count). The van der Waals surface area contributed by atoms with E-state index in [0.717, 1.165) is 0 Å². The smallest absolute Gasteiger partial charge is 0.220 e. The predicted octanol–water partition coefficient (Wildman–Crippen LogP) is 3.20. The average molecular weight is 332 g/mol. The molecule has 1 heterocycles. The van der Waals surface area contributed by atoms with Crippen LogP contribution in [0.15, 0.2) is 18.2 Å². The standard InChI is InChI=1S/C13H12Cl2FN3O2/c1-20-8-5-9(21-2)19-13(18-8)10(15)6-3-4-7(14)11(16)12(6)17/h3-5,10H,17H2,1-2H3. The lowest BCUT2D eigenvalue weighted by Crippen LogP contribution is -2.07. The molecule has 5 nitrogen and oxygen atoms in total. The van der Waals surface area contributed by atoms with Gasteiger partial charge in [-0.2, -0.15) is 9.97 Å². The molecule has 1 atom stereocenters. The van der Waals surface area contributed by atoms with Crippen molar-refractivity contribution in [3.63, 3.8) is 0 Å². The van der Waals surface area contributed by atoms with E-state index < -0.39 is 11.2 Å². The molecule has 0 amide bonds. The molecule has 2 N–H and O–H groups in total. The Bertz CT molecular complexity index is 648. The molecule has 1 aromatic carbocycles. The van der Waals surface area contributed by atoms with E-state index in [0.29, 0.717) is 5.56 Å². The summed E-state index contributed by atoms with van der Waals surface area (Å²) in [5.74, 6) is 0.00183. The summed E-state index contributed by atoms with van der Waals surface area (Å²) >= 11 is 12.0. The van der Waals surface area contributed by atoms with Crippen LogP contribution in [0.3, 0.4) is 0 Å². The maximum absolute atomic E-state index is 13.8. The van der Waals surface area contributed by atoms with E-state index in [2.05, 4.69) is 9.97 Å². The quantitative estimate of drug-likeness (QED) is 0.688. The fourth-order valence-electron chi connectivity index (χ4n) is 1.68. The summed E-state index contributed by atoms with van der Waals surface area (Å²) in [5.41, 5.74) is 5.87. The molecule has 0 aliphatic rings. The Morgan fingerprint density at radius 1 is 1.19 bits per heavy atom. The molecule has 0 aliphatic carbocycles. The molecular formula is C13H12Cl2FN3O2. The third-order valence-corrected chi connectivity index (χ3v) is 3.50. The first-order chi connectivity index (χ1) is 9.97. The predicted molar refractivity (Wildman–Crippen MR) is 78.7 cm³/mol. The lowest BCUT2D eigenvalue weighted by molar-refractivity contribution is 0.368. The summed E-state index contributed by atoms with van der Waals surface area (Å²) in [5, 5.41) is -0.954. The van der Waals surface area contributed by atoms with Gasteiger partial charge in [0.15, 0.2) is 11.6 Å². The highest BCUT2D eigenvalue weighted by Crippen LogP contribution is 2.35. The average Bonchev–Trinajstić information content (AvgIpc) is 2.51. The maximum Gasteiger partial charge on any atom is 0.220 e. The molecular weight excluding hydrogens is 320 g/mol. The minimum Gasteiger partial charge on any atom is -0.481 e. The molecule has 0 spiro atoms. The van der Waals surface area contributed by atoms with Crippen molar-refractivity contribution in [3.05, 3.63) is 40.4 Å². The summed E-state index contributed by atoms with van der Waals surface area (Å²) in [6.45, 7) is 0. The molecule has 0 aliphatic heterocycles. The van der Waals surface area contributed by atoms with Crippen molar-refractivity contribution in [2.24, 2.45) is 0 Å². The largest absolute Gasteiger partial charge is 0.481 e. The fourth-order valence-corrected chi connectivity index (χ4v) is 2.14. The van der Waals surface area contributed by atoms with E-state index >= 15 is 0 Å². The van der Waals surface area contributed by atoms with Crippen molar-refractivity contribution >= 4 is 28.9 Å². The zero-order valence-electron chi connectivity index (χ0n) is 11.2. The Balaban J connectivity index is 2.49. The van der Waals surface area contributed by atoms with E-state index in [1.165, 1.54) is 32.4 Å². The second kappa shape index (κ2) is 6.32. The number of nitrogens with zero attached hydrogens (tertiary/aromatic N) is 2. The number of benzene rings is 1. The summed E-state index contributed by atoms with van der Waals surface area (Å²) in [6.07, 6.45) is 0. The van der Waals surface area contributed by atoms with Crippen LogP contribution in [-0.4, -0.2) is 24.2 Å². The van der Waals surface area contributed by atoms with Gasteiger partial charge in [-0.25, -0.2) is 4.39 Å². The van der Waals surface area contributed by atoms with Crippen LogP contribution >= 0.6 is 23.2 Å². The Morgan fingerprint density at radius 3 is 2.29 bits per heavy atom. The summed E-state index contributed by atoms with van der Waals surface area (Å²) in [6, 6.07) is 4.39. The van der Waals surface area contributed by atoms with Gasteiger partial charge in [-0.3, -0.25) is 0 Å². The third kappa shape index (κ3) is 3.11. The number of methoxy groups -OCH3 is 2. The molecule has 1 unspecified atom stereocenters. The SMILES string of the molecule is COc1cc(OC)nc(C(Cl)c2ccc(Cl)c(F)c2N)n1. The molecule has 0 saturated heterocycles. The highest BCUT2D eigenvalue weighted by Gasteiger charge is 2.21. The minimum absolute atomic E-state index is 0.0794. The van der Waals surface area contributed by atoms with Gasteiger partial charge in [0, 0.05) is 5.56 Å². The van der Waals surface area contributed by atoms with Gasteiger partial charge in [-0.15, -0.1) is 11.6 Å². The molecule has 8 heteroatoms. The topological polar surface area (TPSA) is 70.3 Å². The molecule has 21 heavy (non-hydrogen) atoms. The van der Waals surface area contributed by atoms with Crippen molar-refractivity contribution < 1.29 is 13.9 Å². The van der Waals surface area contributed by atoms with Crippen LogP contribution in [0.5, 0.6) is 11.8 Å². The number of nitrogens with two attached hydrogens (primary N) is 1. The van der Waals surface area contributed by atoms with Gasteiger partial charge in [-0.05, 0) is 6.07 Å². The van der Waals surface area contributed by atoms with E-state index in [9.17, 15) is 4.39 Å². The molecule has 112 valence electrons. The molecule has 1 aromatic heterocycles. The number of hydrogen-bond acceptors (Lipinski definition) is 5. The first-order valence-electron chi connectivity index (χ1n) is 5.82. The van der Waals surface area contributed by atoms with Gasteiger partial charge < -0.3 is 15.2 Å². The van der Waals surface area contributed by atoms with Crippen LogP contribution in [0.25, 0.3) is 0 Å². The number of anilines is 1. The van der Waals surface area contributed by atoms with Crippen LogP contribution in [0, 0.1) is 5.82 Å². The molecule has 0 fully saturated rings. The van der Waals surface area contributed by atoms with E-state index in [1.54, 1.807) is 0 Å². The summed E-state index contributed by atoms with van der Waals surface area (Å²) in [7, 11) is 2.90. The molecule has 0 bridgehead atoms. The van der Waals surface area contributed by atoms with Gasteiger partial charge >= 0.3 is 0 Å². The lowest BCUT2D eigenvalue weighted by atomic mass is 10.1. The summed E-state index contributed by atoms with van der Waals surface area (Å²) in [4.78, 5) is 8.23. The Hall–Kier alpha value is -1.79. The minimum atomic E-state index is -0.874. The maximum atomic E-state index is 13.8. The normalized spacial score (nSPS) is 12.0. The fraction of sp³-hybridized carbons (Fsp3) is 0.231. The zero-order valence-corrected chi connectivity index (χ0v) is 12.7. The second-order valence-electron chi connectivity index (χ2n) is 4.04. The lowest BCUT2D eigenvalue weighted by Gasteiger charge is -2.14. The van der Waals surface area contributed by atoms with Crippen LogP contribution in [0.4, 0.5) is 10.1 Å². The number of nitrogen functional groups attached to an aromatic ring is 1. The van der Waals surface area contributed by atoms with Crippen molar-refractivity contribution in [1.82, 2.24) is 9.97 Å².